The lowest BCUT2D eigenvalue weighted by molar-refractivity contribution is -0.116. The van der Waals surface area contributed by atoms with Crippen molar-refractivity contribution in [3.63, 3.8) is 0 Å². The third kappa shape index (κ3) is 4.10. The first-order chi connectivity index (χ1) is 12.5. The summed E-state index contributed by atoms with van der Waals surface area (Å²) in [6.07, 6.45) is 5.47. The van der Waals surface area contributed by atoms with E-state index < -0.39 is 5.91 Å². The van der Waals surface area contributed by atoms with Crippen LogP contribution in [0.1, 0.15) is 21.6 Å². The third-order valence-electron chi connectivity index (χ3n) is 3.84. The van der Waals surface area contributed by atoms with E-state index in [2.05, 4.69) is 10.3 Å². The van der Waals surface area contributed by atoms with E-state index in [9.17, 15) is 9.59 Å². The van der Waals surface area contributed by atoms with E-state index in [4.69, 9.17) is 17.3 Å². The van der Waals surface area contributed by atoms with Crippen LogP contribution >= 0.6 is 11.6 Å². The van der Waals surface area contributed by atoms with Crippen LogP contribution in [-0.2, 0) is 11.2 Å². The smallest absolute Gasteiger partial charge is 0.248 e. The normalized spacial score (nSPS) is 11.1. The van der Waals surface area contributed by atoms with Crippen molar-refractivity contribution in [2.75, 3.05) is 6.54 Å². The van der Waals surface area contributed by atoms with Crippen molar-refractivity contribution in [3.05, 3.63) is 76.7 Å². The van der Waals surface area contributed by atoms with Crippen LogP contribution in [0, 0.1) is 0 Å². The molecular formula is C19H17ClN4O2. The molecule has 1 aromatic carbocycles. The summed E-state index contributed by atoms with van der Waals surface area (Å²) in [5.74, 6) is -0.707. The van der Waals surface area contributed by atoms with Gasteiger partial charge in [0.15, 0.2) is 5.15 Å². The SMILES string of the molecule is NC(=O)c1cccc(CCNC(=O)/C=C/c2c(Cl)nc3ccccn23)c1. The van der Waals surface area contributed by atoms with Gasteiger partial charge in [-0.15, -0.1) is 0 Å². The Morgan fingerprint density at radius 3 is 2.88 bits per heavy atom. The number of nitrogens with two attached hydrogens (primary N) is 1. The average molecular weight is 369 g/mol. The van der Waals surface area contributed by atoms with Crippen LogP contribution < -0.4 is 11.1 Å². The van der Waals surface area contributed by atoms with E-state index in [0.29, 0.717) is 35.0 Å². The molecule has 6 nitrogen and oxygen atoms in total. The molecule has 2 heterocycles. The first-order valence-electron chi connectivity index (χ1n) is 8.02. The van der Waals surface area contributed by atoms with Gasteiger partial charge in [-0.25, -0.2) is 4.98 Å². The van der Waals surface area contributed by atoms with Crippen molar-refractivity contribution in [2.45, 2.75) is 6.42 Å². The molecule has 0 bridgehead atoms. The second-order valence-electron chi connectivity index (χ2n) is 5.66. The number of rotatable bonds is 6. The number of amides is 2. The average Bonchev–Trinajstić information content (AvgIpc) is 2.95. The minimum Gasteiger partial charge on any atom is -0.366 e. The predicted molar refractivity (Wildman–Crippen MR) is 101 cm³/mol. The van der Waals surface area contributed by atoms with Crippen molar-refractivity contribution in [1.82, 2.24) is 14.7 Å². The zero-order valence-corrected chi connectivity index (χ0v) is 14.6. The number of fused-ring (bicyclic) bond motifs is 1. The first kappa shape index (κ1) is 17.7. The fraction of sp³-hybridized carbons (Fsp3) is 0.105. The van der Waals surface area contributed by atoms with Crippen LogP contribution in [0.2, 0.25) is 5.15 Å². The van der Waals surface area contributed by atoms with Crippen LogP contribution in [0.3, 0.4) is 0 Å². The molecule has 3 aromatic rings. The van der Waals surface area contributed by atoms with E-state index in [1.807, 2.05) is 30.5 Å². The molecule has 0 spiro atoms. The summed E-state index contributed by atoms with van der Waals surface area (Å²) >= 11 is 6.12. The van der Waals surface area contributed by atoms with E-state index >= 15 is 0 Å². The van der Waals surface area contributed by atoms with Crippen molar-refractivity contribution >= 4 is 35.1 Å². The van der Waals surface area contributed by atoms with Crippen molar-refractivity contribution in [2.24, 2.45) is 5.73 Å². The van der Waals surface area contributed by atoms with Gasteiger partial charge in [0.1, 0.15) is 5.65 Å². The molecule has 0 radical (unpaired) electrons. The monoisotopic (exact) mass is 368 g/mol. The maximum atomic E-state index is 12.0. The Kier molecular flexibility index (Phi) is 5.34. The number of benzene rings is 1. The molecule has 0 aliphatic heterocycles. The molecule has 0 atom stereocenters. The number of carbonyl (C=O) groups excluding carboxylic acids is 2. The third-order valence-corrected chi connectivity index (χ3v) is 4.12. The van der Waals surface area contributed by atoms with E-state index in [0.717, 1.165) is 5.56 Å². The van der Waals surface area contributed by atoms with Gasteiger partial charge >= 0.3 is 0 Å². The van der Waals surface area contributed by atoms with Gasteiger partial charge in [0, 0.05) is 24.4 Å². The predicted octanol–water partition coefficient (Wildman–Crippen LogP) is 2.46. The van der Waals surface area contributed by atoms with Crippen molar-refractivity contribution in [3.8, 4) is 0 Å². The van der Waals surface area contributed by atoms with E-state index in [-0.39, 0.29) is 5.91 Å². The number of aromatic nitrogens is 2. The Bertz CT molecular complexity index is 994. The summed E-state index contributed by atoms with van der Waals surface area (Å²) in [6.45, 7) is 0.437. The molecule has 0 unspecified atom stereocenters. The highest BCUT2D eigenvalue weighted by Crippen LogP contribution is 2.18. The van der Waals surface area contributed by atoms with Gasteiger partial charge in [-0.1, -0.05) is 29.8 Å². The van der Waals surface area contributed by atoms with Crippen LogP contribution in [-0.4, -0.2) is 27.7 Å². The minimum absolute atomic E-state index is 0.238. The van der Waals surface area contributed by atoms with Crippen molar-refractivity contribution in [1.29, 1.82) is 0 Å². The molecule has 132 valence electrons. The number of carbonyl (C=O) groups is 2. The minimum atomic E-state index is -0.469. The number of imidazole rings is 1. The van der Waals surface area contributed by atoms with Gasteiger partial charge < -0.3 is 11.1 Å². The summed E-state index contributed by atoms with van der Waals surface area (Å²) in [5.41, 5.74) is 8.00. The maximum Gasteiger partial charge on any atom is 0.248 e. The summed E-state index contributed by atoms with van der Waals surface area (Å²) in [6, 6.07) is 12.6. The van der Waals surface area contributed by atoms with E-state index in [1.165, 1.54) is 6.08 Å². The quantitative estimate of drug-likeness (QED) is 0.655. The number of pyridine rings is 1. The Balaban J connectivity index is 1.59. The highest BCUT2D eigenvalue weighted by molar-refractivity contribution is 6.31. The lowest BCUT2D eigenvalue weighted by atomic mass is 10.1. The molecule has 0 aliphatic rings. The molecule has 7 heteroatoms. The molecule has 0 aliphatic carbocycles. The Hall–Kier alpha value is -3.12. The summed E-state index contributed by atoms with van der Waals surface area (Å²) in [5, 5.41) is 3.13. The van der Waals surface area contributed by atoms with Gasteiger partial charge in [0.05, 0.1) is 5.69 Å². The van der Waals surface area contributed by atoms with Crippen LogP contribution in [0.15, 0.2) is 54.7 Å². The number of primary amides is 1. The highest BCUT2D eigenvalue weighted by Gasteiger charge is 2.07. The number of halogens is 1. The molecule has 0 fully saturated rings. The molecule has 3 rings (SSSR count). The van der Waals surface area contributed by atoms with E-state index in [1.54, 1.807) is 28.7 Å². The zero-order valence-electron chi connectivity index (χ0n) is 13.9. The Morgan fingerprint density at radius 2 is 2.08 bits per heavy atom. The molecule has 0 saturated carbocycles. The standard InChI is InChI=1S/C19H17ClN4O2/c20-18-15(24-11-2-1-6-16(24)23-18)7-8-17(25)22-10-9-13-4-3-5-14(12-13)19(21)26/h1-8,11-12H,9-10H2,(H2,21,26)(H,22,25)/b8-7+. The molecule has 26 heavy (non-hydrogen) atoms. The van der Waals surface area contributed by atoms with Gasteiger partial charge in [-0.3, -0.25) is 14.0 Å². The molecular weight excluding hydrogens is 352 g/mol. The number of nitrogens with one attached hydrogen (secondary N) is 1. The topological polar surface area (TPSA) is 89.5 Å². The Morgan fingerprint density at radius 1 is 1.23 bits per heavy atom. The zero-order chi connectivity index (χ0) is 18.5. The van der Waals surface area contributed by atoms with Crippen LogP contribution in [0.25, 0.3) is 11.7 Å². The summed E-state index contributed by atoms with van der Waals surface area (Å²) in [4.78, 5) is 27.4. The van der Waals surface area contributed by atoms with Gasteiger partial charge in [-0.05, 0) is 42.3 Å². The summed E-state index contributed by atoms with van der Waals surface area (Å²) in [7, 11) is 0. The lowest BCUT2D eigenvalue weighted by Gasteiger charge is -2.04. The van der Waals surface area contributed by atoms with Crippen LogP contribution in [0.4, 0.5) is 0 Å². The fourth-order valence-corrected chi connectivity index (χ4v) is 2.80. The Labute approximate surface area is 155 Å². The van der Waals surface area contributed by atoms with Gasteiger partial charge in [0.2, 0.25) is 11.8 Å². The van der Waals surface area contributed by atoms with Gasteiger partial charge in [-0.2, -0.15) is 0 Å². The molecule has 3 N–H and O–H groups in total. The second kappa shape index (κ2) is 7.84. The number of hydrogen-bond donors (Lipinski definition) is 2. The number of hydrogen-bond acceptors (Lipinski definition) is 3. The lowest BCUT2D eigenvalue weighted by Crippen LogP contribution is -2.23. The molecule has 2 aromatic heterocycles. The fourth-order valence-electron chi connectivity index (χ4n) is 2.56. The number of nitrogens with zero attached hydrogens (tertiary/aromatic N) is 2. The first-order valence-corrected chi connectivity index (χ1v) is 8.39. The van der Waals surface area contributed by atoms with Crippen LogP contribution in [0.5, 0.6) is 0 Å². The van der Waals surface area contributed by atoms with Gasteiger partial charge in [0.25, 0.3) is 0 Å². The van der Waals surface area contributed by atoms with Crippen molar-refractivity contribution < 1.29 is 9.59 Å². The highest BCUT2D eigenvalue weighted by atomic mass is 35.5. The largest absolute Gasteiger partial charge is 0.366 e. The summed E-state index contributed by atoms with van der Waals surface area (Å²) < 4.78 is 1.81. The second-order valence-corrected chi connectivity index (χ2v) is 6.01. The molecule has 0 saturated heterocycles. The maximum absolute atomic E-state index is 12.0. The molecule has 2 amide bonds.